The Morgan fingerprint density at radius 3 is 2.24 bits per heavy atom. The normalized spacial score (nSPS) is 17.9. The average Bonchev–Trinajstić information content (AvgIpc) is 3.08. The minimum absolute atomic E-state index is 0.0713. The first-order valence-electron chi connectivity index (χ1n) is 11.3. The third kappa shape index (κ3) is 4.85. The van der Waals surface area contributed by atoms with Gasteiger partial charge in [0, 0.05) is 36.3 Å². The maximum absolute atomic E-state index is 13.1. The van der Waals surface area contributed by atoms with E-state index in [1.54, 1.807) is 24.3 Å². The number of ether oxygens (including phenoxy) is 2. The Kier molecular flexibility index (Phi) is 6.50. The van der Waals surface area contributed by atoms with Crippen LogP contribution in [-0.2, 0) is 19.1 Å². The van der Waals surface area contributed by atoms with Crippen LogP contribution in [0.3, 0.4) is 0 Å². The molecule has 0 heterocycles. The minimum atomic E-state index is -0.961. The first kappa shape index (κ1) is 24.0. The van der Waals surface area contributed by atoms with Gasteiger partial charge in [-0.2, -0.15) is 0 Å². The van der Waals surface area contributed by atoms with Gasteiger partial charge in [0.25, 0.3) is 0 Å². The number of carbonyl (C=O) groups excluding carboxylic acids is 3. The summed E-state index contributed by atoms with van der Waals surface area (Å²) in [6.07, 6.45) is 0.310. The van der Waals surface area contributed by atoms with Crippen LogP contribution in [0.4, 0.5) is 4.79 Å². The van der Waals surface area contributed by atoms with E-state index >= 15 is 0 Å². The molecular weight excluding hydrogens is 452 g/mol. The van der Waals surface area contributed by atoms with Crippen molar-refractivity contribution in [3.05, 3.63) is 81.3 Å². The molecule has 2 aromatic carbocycles. The largest absolute Gasteiger partial charge is 0.518 e. The highest BCUT2D eigenvalue weighted by molar-refractivity contribution is 6.35. The molecule has 5 nitrogen and oxygen atoms in total. The lowest BCUT2D eigenvalue weighted by Gasteiger charge is -2.31. The fourth-order valence-corrected chi connectivity index (χ4v) is 4.90. The highest BCUT2D eigenvalue weighted by Gasteiger charge is 2.37. The van der Waals surface area contributed by atoms with Crippen LogP contribution in [0, 0.1) is 19.3 Å². The number of hydrogen-bond donors (Lipinski definition) is 0. The maximum atomic E-state index is 13.1. The molecule has 34 heavy (non-hydrogen) atoms. The van der Waals surface area contributed by atoms with Crippen LogP contribution >= 0.6 is 11.6 Å². The molecule has 2 aliphatic rings. The SMILES string of the molecule is Cc1ccc(C2=C(OC(=O)OC3=C(c4ccccc4Cl)C(=O)CC3)CC(C)(C)CC2=O)c(C)c1. The van der Waals surface area contributed by atoms with Crippen LogP contribution in [0.1, 0.15) is 61.8 Å². The van der Waals surface area contributed by atoms with Gasteiger partial charge in [0.05, 0.1) is 11.1 Å². The summed E-state index contributed by atoms with van der Waals surface area (Å²) in [6, 6.07) is 12.8. The third-order valence-electron chi connectivity index (χ3n) is 6.18. The van der Waals surface area contributed by atoms with Crippen LogP contribution in [0.15, 0.2) is 54.0 Å². The van der Waals surface area contributed by atoms with E-state index in [2.05, 4.69) is 0 Å². The van der Waals surface area contributed by atoms with Crippen molar-refractivity contribution in [1.29, 1.82) is 0 Å². The number of benzene rings is 2. The molecule has 0 fully saturated rings. The molecule has 0 N–H and O–H groups in total. The number of hydrogen-bond acceptors (Lipinski definition) is 5. The van der Waals surface area contributed by atoms with Gasteiger partial charge in [-0.3, -0.25) is 9.59 Å². The Hall–Kier alpha value is -3.18. The molecule has 2 aromatic rings. The lowest BCUT2D eigenvalue weighted by atomic mass is 9.74. The predicted molar refractivity (Wildman–Crippen MR) is 131 cm³/mol. The molecule has 0 atom stereocenters. The zero-order valence-electron chi connectivity index (χ0n) is 19.8. The number of carbonyl (C=O) groups is 3. The molecule has 6 heteroatoms. The Balaban J connectivity index is 1.69. The smallest absolute Gasteiger partial charge is 0.398 e. The van der Waals surface area contributed by atoms with Crippen molar-refractivity contribution in [2.24, 2.45) is 5.41 Å². The molecule has 4 rings (SSSR count). The van der Waals surface area contributed by atoms with E-state index in [0.29, 0.717) is 40.3 Å². The minimum Gasteiger partial charge on any atom is -0.398 e. The Bertz CT molecular complexity index is 1270. The van der Waals surface area contributed by atoms with Crippen molar-refractivity contribution < 1.29 is 23.9 Å². The lowest BCUT2D eigenvalue weighted by Crippen LogP contribution is -2.27. The second-order valence-electron chi connectivity index (χ2n) is 9.71. The number of allylic oxidation sites excluding steroid dienone is 4. The van der Waals surface area contributed by atoms with E-state index in [-0.39, 0.29) is 35.6 Å². The fourth-order valence-electron chi connectivity index (χ4n) is 4.67. The quantitative estimate of drug-likeness (QED) is 0.443. The molecule has 0 aromatic heterocycles. The van der Waals surface area contributed by atoms with E-state index < -0.39 is 6.16 Å². The van der Waals surface area contributed by atoms with Gasteiger partial charge in [0.15, 0.2) is 11.6 Å². The first-order chi connectivity index (χ1) is 16.1. The molecule has 0 saturated carbocycles. The van der Waals surface area contributed by atoms with Crippen molar-refractivity contribution in [2.45, 2.75) is 53.4 Å². The number of halogens is 1. The number of rotatable bonds is 4. The Labute approximate surface area is 204 Å². The van der Waals surface area contributed by atoms with Crippen molar-refractivity contribution >= 4 is 40.5 Å². The molecule has 0 aliphatic heterocycles. The first-order valence-corrected chi connectivity index (χ1v) is 11.7. The average molecular weight is 479 g/mol. The zero-order valence-corrected chi connectivity index (χ0v) is 20.5. The number of aryl methyl sites for hydroxylation is 2. The summed E-state index contributed by atoms with van der Waals surface area (Å²) in [6.45, 7) is 7.85. The monoisotopic (exact) mass is 478 g/mol. The fraction of sp³-hybridized carbons (Fsp3) is 0.321. The van der Waals surface area contributed by atoms with Gasteiger partial charge in [-0.25, -0.2) is 4.79 Å². The van der Waals surface area contributed by atoms with Crippen molar-refractivity contribution in [3.63, 3.8) is 0 Å². The molecule has 0 radical (unpaired) electrons. The molecule has 0 unspecified atom stereocenters. The maximum Gasteiger partial charge on any atom is 0.518 e. The third-order valence-corrected chi connectivity index (χ3v) is 6.51. The predicted octanol–water partition coefficient (Wildman–Crippen LogP) is 6.98. The summed E-state index contributed by atoms with van der Waals surface area (Å²) in [5.41, 5.74) is 3.64. The molecular formula is C28H27ClO5. The zero-order chi connectivity index (χ0) is 24.6. The Morgan fingerprint density at radius 1 is 0.853 bits per heavy atom. The highest BCUT2D eigenvalue weighted by atomic mass is 35.5. The van der Waals surface area contributed by atoms with Crippen LogP contribution in [-0.4, -0.2) is 17.7 Å². The lowest BCUT2D eigenvalue weighted by molar-refractivity contribution is -0.116. The molecule has 0 amide bonds. The van der Waals surface area contributed by atoms with Crippen molar-refractivity contribution in [2.75, 3.05) is 0 Å². The van der Waals surface area contributed by atoms with Gasteiger partial charge in [-0.15, -0.1) is 0 Å². The summed E-state index contributed by atoms with van der Waals surface area (Å²) in [7, 11) is 0. The van der Waals surface area contributed by atoms with E-state index in [4.69, 9.17) is 21.1 Å². The molecule has 0 saturated heterocycles. The van der Waals surface area contributed by atoms with E-state index in [0.717, 1.165) is 16.7 Å². The Morgan fingerprint density at radius 2 is 1.53 bits per heavy atom. The van der Waals surface area contributed by atoms with Crippen LogP contribution < -0.4 is 0 Å². The summed E-state index contributed by atoms with van der Waals surface area (Å²) in [5, 5.41) is 0.404. The summed E-state index contributed by atoms with van der Waals surface area (Å²) in [4.78, 5) is 38.6. The number of Topliss-reactive ketones (excluding diaryl/α,β-unsaturated/α-hetero) is 2. The van der Waals surface area contributed by atoms with Gasteiger partial charge in [-0.1, -0.05) is 67.4 Å². The second-order valence-corrected chi connectivity index (χ2v) is 10.1. The summed E-state index contributed by atoms with van der Waals surface area (Å²) >= 11 is 6.28. The summed E-state index contributed by atoms with van der Waals surface area (Å²) < 4.78 is 11.2. The van der Waals surface area contributed by atoms with Gasteiger partial charge in [0.1, 0.15) is 11.5 Å². The highest BCUT2D eigenvalue weighted by Crippen LogP contribution is 2.42. The van der Waals surface area contributed by atoms with Crippen molar-refractivity contribution in [1.82, 2.24) is 0 Å². The standard InChI is InChI=1S/C28H27ClO5/c1-16-9-10-18(17(2)13-16)25-22(31)14-28(3,4)15-24(25)34-27(32)33-23-12-11-21(30)26(23)19-7-5-6-8-20(19)29/h5-10,13H,11-12,14-15H2,1-4H3. The van der Waals surface area contributed by atoms with Gasteiger partial charge >= 0.3 is 6.16 Å². The van der Waals surface area contributed by atoms with Gasteiger partial charge in [0.2, 0.25) is 0 Å². The van der Waals surface area contributed by atoms with Crippen LogP contribution in [0.5, 0.6) is 0 Å². The van der Waals surface area contributed by atoms with Crippen molar-refractivity contribution in [3.8, 4) is 0 Å². The molecule has 0 bridgehead atoms. The molecule has 176 valence electrons. The van der Waals surface area contributed by atoms with E-state index in [1.807, 2.05) is 45.9 Å². The van der Waals surface area contributed by atoms with Gasteiger partial charge in [-0.05, 0) is 36.5 Å². The van der Waals surface area contributed by atoms with E-state index in [1.165, 1.54) is 0 Å². The summed E-state index contributed by atoms with van der Waals surface area (Å²) in [5.74, 6) is 0.318. The molecule has 0 spiro atoms. The van der Waals surface area contributed by atoms with Crippen LogP contribution in [0.2, 0.25) is 5.02 Å². The topological polar surface area (TPSA) is 69.7 Å². The van der Waals surface area contributed by atoms with Crippen LogP contribution in [0.25, 0.3) is 11.1 Å². The van der Waals surface area contributed by atoms with Gasteiger partial charge < -0.3 is 9.47 Å². The number of ketones is 2. The molecule has 2 aliphatic carbocycles. The van der Waals surface area contributed by atoms with E-state index in [9.17, 15) is 14.4 Å². The second kappa shape index (κ2) is 9.22.